The van der Waals surface area contributed by atoms with Crippen LogP contribution in [0.15, 0.2) is 89.5 Å². The molecule has 9 nitrogen and oxygen atoms in total. The molecule has 192 valence electrons. The number of hydrogen-bond donors (Lipinski definition) is 3. The SMILES string of the molecule is COCC(=O)Nc1ccc(N2C(=S)N[C@H](c3ccccn3)[C@H]2c2ccc(-c3cccc(C(=O)O)c3)o2)cc1. The molecule has 0 saturated carbocycles. The fourth-order valence-electron chi connectivity index (χ4n) is 4.43. The lowest BCUT2D eigenvalue weighted by molar-refractivity contribution is -0.119. The van der Waals surface area contributed by atoms with Gasteiger partial charge in [0.1, 0.15) is 24.2 Å². The molecule has 3 N–H and O–H groups in total. The van der Waals surface area contributed by atoms with E-state index < -0.39 is 5.97 Å². The number of thiocarbonyl (C=S) groups is 1. The Morgan fingerprint density at radius 1 is 1.11 bits per heavy atom. The summed E-state index contributed by atoms with van der Waals surface area (Å²) in [5.41, 5.74) is 3.04. The van der Waals surface area contributed by atoms with Crippen LogP contribution in [0.2, 0.25) is 0 Å². The van der Waals surface area contributed by atoms with Crippen LogP contribution in [-0.4, -0.2) is 40.8 Å². The van der Waals surface area contributed by atoms with Gasteiger partial charge in [0.15, 0.2) is 5.11 Å². The summed E-state index contributed by atoms with van der Waals surface area (Å²) in [6.07, 6.45) is 1.72. The first kappa shape index (κ1) is 25.1. The first-order valence-corrected chi connectivity index (χ1v) is 12.2. The minimum absolute atomic E-state index is 0.0358. The quantitative estimate of drug-likeness (QED) is 0.277. The molecule has 1 aliphatic heterocycles. The zero-order valence-corrected chi connectivity index (χ0v) is 21.1. The van der Waals surface area contributed by atoms with Crippen LogP contribution in [0.25, 0.3) is 11.3 Å². The first-order valence-electron chi connectivity index (χ1n) is 11.8. The number of rotatable bonds is 8. The van der Waals surface area contributed by atoms with Gasteiger partial charge in [0.2, 0.25) is 5.91 Å². The Kier molecular flexibility index (Phi) is 7.16. The molecule has 1 saturated heterocycles. The van der Waals surface area contributed by atoms with E-state index in [1.165, 1.54) is 13.2 Å². The van der Waals surface area contributed by atoms with Crippen molar-refractivity contribution in [3.63, 3.8) is 0 Å². The van der Waals surface area contributed by atoms with Crippen LogP contribution in [0, 0.1) is 0 Å². The second-order valence-corrected chi connectivity index (χ2v) is 9.00. The number of methoxy groups -OCH3 is 1. The standard InChI is InChI=1S/C28H24N4O5S/c1-36-16-24(33)30-19-8-10-20(11-9-19)32-26(25(31-28(32)38)21-7-2-3-14-29-21)23-13-12-22(37-23)17-5-4-6-18(15-17)27(34)35/h2-15,25-26H,16H2,1H3,(H,30,33)(H,31,38)(H,34,35)/t25-,26-/m1/s1. The predicted octanol–water partition coefficient (Wildman–Crippen LogP) is 4.80. The molecule has 4 aromatic rings. The summed E-state index contributed by atoms with van der Waals surface area (Å²) in [5.74, 6) is -0.0907. The van der Waals surface area contributed by atoms with Gasteiger partial charge >= 0.3 is 5.97 Å². The molecule has 10 heteroatoms. The monoisotopic (exact) mass is 528 g/mol. The molecular formula is C28H24N4O5S. The topological polar surface area (TPSA) is 117 Å². The van der Waals surface area contributed by atoms with E-state index in [-0.39, 0.29) is 30.2 Å². The third-order valence-electron chi connectivity index (χ3n) is 6.12. The number of ether oxygens (including phenoxy) is 1. The summed E-state index contributed by atoms with van der Waals surface area (Å²) in [7, 11) is 1.46. The Labute approximate surface area is 224 Å². The summed E-state index contributed by atoms with van der Waals surface area (Å²) < 4.78 is 11.2. The van der Waals surface area contributed by atoms with Crippen LogP contribution < -0.4 is 15.5 Å². The molecule has 38 heavy (non-hydrogen) atoms. The number of hydrogen-bond acceptors (Lipinski definition) is 6. The van der Waals surface area contributed by atoms with Crippen LogP contribution in [-0.2, 0) is 9.53 Å². The molecule has 2 atom stereocenters. The molecule has 5 rings (SSSR count). The van der Waals surface area contributed by atoms with Gasteiger partial charge in [-0.15, -0.1) is 0 Å². The van der Waals surface area contributed by atoms with Crippen LogP contribution >= 0.6 is 12.2 Å². The minimum Gasteiger partial charge on any atom is -0.478 e. The predicted molar refractivity (Wildman–Crippen MR) is 146 cm³/mol. The number of aromatic nitrogens is 1. The number of nitrogens with one attached hydrogen (secondary N) is 2. The lowest BCUT2D eigenvalue weighted by Gasteiger charge is -2.26. The molecule has 0 aliphatic carbocycles. The molecule has 2 aromatic carbocycles. The number of carboxylic acids is 1. The maximum Gasteiger partial charge on any atom is 0.335 e. The van der Waals surface area contributed by atoms with Crippen LogP contribution in [0.3, 0.4) is 0 Å². The number of amides is 1. The first-order chi connectivity index (χ1) is 18.4. The number of pyridine rings is 1. The molecule has 1 aliphatic rings. The molecule has 2 aromatic heterocycles. The van der Waals surface area contributed by atoms with Gasteiger partial charge in [-0.1, -0.05) is 18.2 Å². The fraction of sp³-hybridized carbons (Fsp3) is 0.143. The average Bonchev–Trinajstić information content (AvgIpc) is 3.54. The smallest absolute Gasteiger partial charge is 0.335 e. The zero-order chi connectivity index (χ0) is 26.6. The van der Waals surface area contributed by atoms with E-state index in [0.717, 1.165) is 11.4 Å². The van der Waals surface area contributed by atoms with Crippen molar-refractivity contribution in [1.82, 2.24) is 10.3 Å². The second kappa shape index (κ2) is 10.8. The van der Waals surface area contributed by atoms with Crippen molar-refractivity contribution < 1.29 is 23.8 Å². The molecule has 3 heterocycles. The molecule has 1 fully saturated rings. The number of carbonyl (C=O) groups excluding carboxylic acids is 1. The number of benzene rings is 2. The highest BCUT2D eigenvalue weighted by Gasteiger charge is 2.42. The lowest BCUT2D eigenvalue weighted by atomic mass is 10.0. The van der Waals surface area contributed by atoms with Gasteiger partial charge in [0.05, 0.1) is 17.3 Å². The Morgan fingerprint density at radius 2 is 1.92 bits per heavy atom. The maximum atomic E-state index is 11.9. The Bertz CT molecular complexity index is 1470. The van der Waals surface area contributed by atoms with E-state index in [0.29, 0.717) is 27.9 Å². The minimum atomic E-state index is -1.01. The van der Waals surface area contributed by atoms with Crippen molar-refractivity contribution in [3.05, 3.63) is 102 Å². The fourth-order valence-corrected chi connectivity index (χ4v) is 4.77. The molecule has 0 unspecified atom stereocenters. The van der Waals surface area contributed by atoms with E-state index in [9.17, 15) is 14.7 Å². The van der Waals surface area contributed by atoms with Crippen LogP contribution in [0.1, 0.15) is 33.9 Å². The van der Waals surface area contributed by atoms with Gasteiger partial charge in [-0.2, -0.15) is 0 Å². The van der Waals surface area contributed by atoms with Crippen molar-refractivity contribution in [3.8, 4) is 11.3 Å². The van der Waals surface area contributed by atoms with Gasteiger partial charge in [-0.3, -0.25) is 9.78 Å². The van der Waals surface area contributed by atoms with Gasteiger partial charge in [0, 0.05) is 30.2 Å². The van der Waals surface area contributed by atoms with Crippen molar-refractivity contribution in [2.45, 2.75) is 12.1 Å². The van der Waals surface area contributed by atoms with E-state index in [2.05, 4.69) is 15.6 Å². The number of carboxylic acid groups (broad SMARTS) is 1. The molecule has 0 bridgehead atoms. The summed E-state index contributed by atoms with van der Waals surface area (Å²) in [4.78, 5) is 29.8. The van der Waals surface area contributed by atoms with Gasteiger partial charge in [-0.25, -0.2) is 4.79 Å². The zero-order valence-electron chi connectivity index (χ0n) is 20.3. The average molecular weight is 529 g/mol. The number of carbonyl (C=O) groups is 2. The third kappa shape index (κ3) is 5.13. The summed E-state index contributed by atoms with van der Waals surface area (Å²) >= 11 is 5.75. The van der Waals surface area contributed by atoms with Crippen LogP contribution in [0.5, 0.6) is 0 Å². The van der Waals surface area contributed by atoms with Crippen LogP contribution in [0.4, 0.5) is 11.4 Å². The lowest BCUT2D eigenvalue weighted by Crippen LogP contribution is -2.29. The summed E-state index contributed by atoms with van der Waals surface area (Å²) in [6, 6.07) is 22.6. The van der Waals surface area contributed by atoms with Gasteiger partial charge in [0.25, 0.3) is 0 Å². The van der Waals surface area contributed by atoms with Crippen molar-refractivity contribution in [2.24, 2.45) is 0 Å². The van der Waals surface area contributed by atoms with Gasteiger partial charge in [-0.05, 0) is 72.9 Å². The van der Waals surface area contributed by atoms with Gasteiger partial charge < -0.3 is 29.8 Å². The maximum absolute atomic E-state index is 11.9. The van der Waals surface area contributed by atoms with E-state index in [4.69, 9.17) is 21.4 Å². The molecular weight excluding hydrogens is 504 g/mol. The highest BCUT2D eigenvalue weighted by Crippen LogP contribution is 2.43. The number of aromatic carboxylic acids is 1. The molecule has 0 radical (unpaired) electrons. The summed E-state index contributed by atoms with van der Waals surface area (Å²) in [5, 5.41) is 16.0. The second-order valence-electron chi connectivity index (χ2n) is 8.61. The Balaban J connectivity index is 1.51. The van der Waals surface area contributed by atoms with E-state index in [1.54, 1.807) is 36.5 Å². The van der Waals surface area contributed by atoms with Crippen molar-refractivity contribution in [1.29, 1.82) is 0 Å². The summed E-state index contributed by atoms with van der Waals surface area (Å²) in [6.45, 7) is -0.0358. The number of furan rings is 1. The Morgan fingerprint density at radius 3 is 2.63 bits per heavy atom. The van der Waals surface area contributed by atoms with Crippen molar-refractivity contribution >= 4 is 40.6 Å². The Hall–Kier alpha value is -4.54. The largest absolute Gasteiger partial charge is 0.478 e. The van der Waals surface area contributed by atoms with E-state index >= 15 is 0 Å². The highest BCUT2D eigenvalue weighted by atomic mass is 32.1. The number of nitrogens with zero attached hydrogens (tertiary/aromatic N) is 2. The highest BCUT2D eigenvalue weighted by molar-refractivity contribution is 7.80. The van der Waals surface area contributed by atoms with Crippen molar-refractivity contribution in [2.75, 3.05) is 23.9 Å². The molecule has 0 spiro atoms. The third-order valence-corrected chi connectivity index (χ3v) is 6.43. The normalized spacial score (nSPS) is 16.8. The number of anilines is 2. The van der Waals surface area contributed by atoms with E-state index in [1.807, 2.05) is 47.4 Å². The molecule has 1 amide bonds.